The standard InChI is InChI=1S/C18H19F2N3O2/c1-3-4-9-23(2)18(25)12-7-8-21-16(10-12)17(24)22-13-5-6-14(19)15(20)11-13/h5-8,10-11H,3-4,9H2,1-2H3,(H,22,24). The van der Waals surface area contributed by atoms with Crippen molar-refractivity contribution in [1.29, 1.82) is 0 Å². The molecule has 5 nitrogen and oxygen atoms in total. The molecule has 0 saturated carbocycles. The van der Waals surface area contributed by atoms with Gasteiger partial charge in [-0.3, -0.25) is 14.6 Å². The van der Waals surface area contributed by atoms with E-state index in [9.17, 15) is 18.4 Å². The third kappa shape index (κ3) is 4.82. The predicted octanol–water partition coefficient (Wildman–Crippen LogP) is 3.48. The molecule has 0 fully saturated rings. The van der Waals surface area contributed by atoms with Gasteiger partial charge in [-0.2, -0.15) is 0 Å². The second-order valence-electron chi connectivity index (χ2n) is 5.59. The Morgan fingerprint density at radius 1 is 1.16 bits per heavy atom. The molecule has 7 heteroatoms. The number of carbonyl (C=O) groups excluding carboxylic acids is 2. The van der Waals surface area contributed by atoms with Gasteiger partial charge in [0.05, 0.1) is 0 Å². The van der Waals surface area contributed by atoms with Gasteiger partial charge in [0, 0.05) is 37.1 Å². The van der Waals surface area contributed by atoms with Crippen molar-refractivity contribution in [1.82, 2.24) is 9.88 Å². The average Bonchev–Trinajstić information content (AvgIpc) is 2.62. The van der Waals surface area contributed by atoms with Crippen LogP contribution in [0.3, 0.4) is 0 Å². The minimum absolute atomic E-state index is 0.0134. The van der Waals surface area contributed by atoms with Gasteiger partial charge in [0.2, 0.25) is 0 Å². The summed E-state index contributed by atoms with van der Waals surface area (Å²) in [4.78, 5) is 30.1. The number of hydrogen-bond acceptors (Lipinski definition) is 3. The van der Waals surface area contributed by atoms with Gasteiger partial charge in [-0.05, 0) is 30.7 Å². The average molecular weight is 347 g/mol. The minimum atomic E-state index is -1.06. The van der Waals surface area contributed by atoms with Crippen LogP contribution in [0, 0.1) is 11.6 Å². The number of anilines is 1. The maximum Gasteiger partial charge on any atom is 0.274 e. The molecule has 0 saturated heterocycles. The molecule has 1 aromatic heterocycles. The third-order valence-electron chi connectivity index (χ3n) is 3.61. The highest BCUT2D eigenvalue weighted by Gasteiger charge is 2.15. The minimum Gasteiger partial charge on any atom is -0.342 e. The Bertz CT molecular complexity index is 781. The van der Waals surface area contributed by atoms with Crippen LogP contribution >= 0.6 is 0 Å². The Morgan fingerprint density at radius 2 is 1.92 bits per heavy atom. The van der Waals surface area contributed by atoms with Crippen LogP contribution in [0.2, 0.25) is 0 Å². The number of benzene rings is 1. The summed E-state index contributed by atoms with van der Waals surface area (Å²) < 4.78 is 26.1. The lowest BCUT2D eigenvalue weighted by Gasteiger charge is -2.16. The van der Waals surface area contributed by atoms with Crippen LogP contribution in [-0.4, -0.2) is 35.3 Å². The van der Waals surface area contributed by atoms with Crippen molar-refractivity contribution in [3.63, 3.8) is 0 Å². The fourth-order valence-corrected chi connectivity index (χ4v) is 2.17. The molecule has 1 heterocycles. The number of unbranched alkanes of at least 4 members (excludes halogenated alkanes) is 1. The molecule has 2 amide bonds. The van der Waals surface area contributed by atoms with Crippen LogP contribution < -0.4 is 5.32 Å². The van der Waals surface area contributed by atoms with E-state index in [1.165, 1.54) is 24.4 Å². The number of nitrogens with one attached hydrogen (secondary N) is 1. The van der Waals surface area contributed by atoms with Crippen LogP contribution in [0.1, 0.15) is 40.6 Å². The molecule has 25 heavy (non-hydrogen) atoms. The number of pyridine rings is 1. The van der Waals surface area contributed by atoms with E-state index in [0.717, 1.165) is 25.0 Å². The van der Waals surface area contributed by atoms with Gasteiger partial charge in [-0.1, -0.05) is 13.3 Å². The van der Waals surface area contributed by atoms with Crippen molar-refractivity contribution in [3.05, 3.63) is 59.4 Å². The lowest BCUT2D eigenvalue weighted by Crippen LogP contribution is -2.28. The van der Waals surface area contributed by atoms with E-state index in [-0.39, 0.29) is 17.3 Å². The third-order valence-corrected chi connectivity index (χ3v) is 3.61. The Balaban J connectivity index is 2.13. The molecular weight excluding hydrogens is 328 g/mol. The molecule has 132 valence electrons. The molecule has 0 unspecified atom stereocenters. The highest BCUT2D eigenvalue weighted by Crippen LogP contribution is 2.14. The number of halogens is 2. The van der Waals surface area contributed by atoms with Crippen molar-refractivity contribution in [3.8, 4) is 0 Å². The quantitative estimate of drug-likeness (QED) is 0.870. The predicted molar refractivity (Wildman–Crippen MR) is 90.4 cm³/mol. The fourth-order valence-electron chi connectivity index (χ4n) is 2.17. The van der Waals surface area contributed by atoms with Gasteiger partial charge in [-0.15, -0.1) is 0 Å². The number of aromatic nitrogens is 1. The molecule has 2 rings (SSSR count). The zero-order chi connectivity index (χ0) is 18.4. The van der Waals surface area contributed by atoms with E-state index in [1.54, 1.807) is 11.9 Å². The molecule has 0 radical (unpaired) electrons. The van der Waals surface area contributed by atoms with E-state index in [2.05, 4.69) is 10.3 Å². The number of rotatable bonds is 6. The van der Waals surface area contributed by atoms with Crippen molar-refractivity contribution >= 4 is 17.5 Å². The maximum atomic E-state index is 13.2. The lowest BCUT2D eigenvalue weighted by molar-refractivity contribution is 0.0793. The molecule has 1 aromatic carbocycles. The van der Waals surface area contributed by atoms with Gasteiger partial charge >= 0.3 is 0 Å². The van der Waals surface area contributed by atoms with Gasteiger partial charge in [0.15, 0.2) is 11.6 Å². The first kappa shape index (κ1) is 18.5. The number of nitrogens with zero attached hydrogens (tertiary/aromatic N) is 2. The van der Waals surface area contributed by atoms with Crippen LogP contribution in [0.25, 0.3) is 0 Å². The monoisotopic (exact) mass is 347 g/mol. The molecule has 0 aliphatic rings. The summed E-state index contributed by atoms with van der Waals surface area (Å²) in [6.45, 7) is 2.65. The van der Waals surface area contributed by atoms with Gasteiger partial charge in [0.25, 0.3) is 11.8 Å². The molecule has 0 aliphatic heterocycles. The first-order chi connectivity index (χ1) is 11.9. The molecule has 0 spiro atoms. The first-order valence-corrected chi connectivity index (χ1v) is 7.90. The van der Waals surface area contributed by atoms with Crippen molar-refractivity contribution in [2.24, 2.45) is 0 Å². The van der Waals surface area contributed by atoms with Crippen LogP contribution in [0.15, 0.2) is 36.5 Å². The molecule has 0 aliphatic carbocycles. The summed E-state index contributed by atoms with van der Waals surface area (Å²) in [7, 11) is 1.69. The molecular formula is C18H19F2N3O2. The Hall–Kier alpha value is -2.83. The van der Waals surface area contributed by atoms with E-state index in [0.29, 0.717) is 12.1 Å². The summed E-state index contributed by atoms with van der Waals surface area (Å²) in [5.41, 5.74) is 0.450. The number of amides is 2. The highest BCUT2D eigenvalue weighted by molar-refractivity contribution is 6.04. The van der Waals surface area contributed by atoms with Crippen molar-refractivity contribution in [2.45, 2.75) is 19.8 Å². The first-order valence-electron chi connectivity index (χ1n) is 7.90. The van der Waals surface area contributed by atoms with Gasteiger partial charge < -0.3 is 10.2 Å². The Morgan fingerprint density at radius 3 is 2.60 bits per heavy atom. The molecule has 1 N–H and O–H groups in total. The number of hydrogen-bond donors (Lipinski definition) is 1. The summed E-state index contributed by atoms with van der Waals surface area (Å²) >= 11 is 0. The number of carbonyl (C=O) groups is 2. The van der Waals surface area contributed by atoms with E-state index in [4.69, 9.17) is 0 Å². The lowest BCUT2D eigenvalue weighted by atomic mass is 10.2. The molecule has 0 bridgehead atoms. The summed E-state index contributed by atoms with van der Waals surface area (Å²) in [6, 6.07) is 5.94. The normalized spacial score (nSPS) is 10.4. The van der Waals surface area contributed by atoms with Gasteiger partial charge in [-0.25, -0.2) is 8.78 Å². The smallest absolute Gasteiger partial charge is 0.274 e. The van der Waals surface area contributed by atoms with Crippen LogP contribution in [0.4, 0.5) is 14.5 Å². The fraction of sp³-hybridized carbons (Fsp3) is 0.278. The SMILES string of the molecule is CCCCN(C)C(=O)c1ccnc(C(=O)Nc2ccc(F)c(F)c2)c1. The van der Waals surface area contributed by atoms with E-state index in [1.807, 2.05) is 6.92 Å². The maximum absolute atomic E-state index is 13.2. The summed E-state index contributed by atoms with van der Waals surface area (Å²) in [5.74, 6) is -2.89. The topological polar surface area (TPSA) is 62.3 Å². The molecule has 0 atom stereocenters. The summed E-state index contributed by atoms with van der Waals surface area (Å²) in [5, 5.41) is 2.42. The second-order valence-corrected chi connectivity index (χ2v) is 5.59. The van der Waals surface area contributed by atoms with Crippen molar-refractivity contribution < 1.29 is 18.4 Å². The van der Waals surface area contributed by atoms with Crippen LogP contribution in [0.5, 0.6) is 0 Å². The Kier molecular flexibility index (Phi) is 6.16. The van der Waals surface area contributed by atoms with E-state index >= 15 is 0 Å². The molecule has 2 aromatic rings. The zero-order valence-electron chi connectivity index (χ0n) is 14.1. The largest absolute Gasteiger partial charge is 0.342 e. The second kappa shape index (κ2) is 8.32. The Labute approximate surface area is 144 Å². The highest BCUT2D eigenvalue weighted by atomic mass is 19.2. The van der Waals surface area contributed by atoms with Crippen LogP contribution in [-0.2, 0) is 0 Å². The van der Waals surface area contributed by atoms with Gasteiger partial charge in [0.1, 0.15) is 5.69 Å². The van der Waals surface area contributed by atoms with E-state index < -0.39 is 17.5 Å². The zero-order valence-corrected chi connectivity index (χ0v) is 14.1. The van der Waals surface area contributed by atoms with Crippen molar-refractivity contribution in [2.75, 3.05) is 18.9 Å². The summed E-state index contributed by atoms with van der Waals surface area (Å²) in [6.07, 6.45) is 3.22.